The summed E-state index contributed by atoms with van der Waals surface area (Å²) in [6, 6.07) is 5.74. The van der Waals surface area contributed by atoms with Gasteiger partial charge in [-0.25, -0.2) is 0 Å². The first kappa shape index (κ1) is 11.0. The molecule has 1 amide bonds. The number of benzene rings is 1. The number of carbonyl (C=O) groups is 1. The summed E-state index contributed by atoms with van der Waals surface area (Å²) >= 11 is 0. The second-order valence-electron chi connectivity index (χ2n) is 4.13. The lowest BCUT2D eigenvalue weighted by Crippen LogP contribution is -2.14. The van der Waals surface area contributed by atoms with Gasteiger partial charge < -0.3 is 10.1 Å². The van der Waals surface area contributed by atoms with Crippen LogP contribution in [0.15, 0.2) is 18.2 Å². The quantitative estimate of drug-likeness (QED) is 0.845. The van der Waals surface area contributed by atoms with Crippen molar-refractivity contribution < 1.29 is 9.53 Å². The first-order valence-electron chi connectivity index (χ1n) is 5.75. The Morgan fingerprint density at radius 3 is 2.88 bits per heavy atom. The molecule has 0 radical (unpaired) electrons. The van der Waals surface area contributed by atoms with Crippen LogP contribution < -0.4 is 10.1 Å². The Bertz CT molecular complexity index is 397. The summed E-state index contributed by atoms with van der Waals surface area (Å²) in [5, 5.41) is 2.95. The second-order valence-corrected chi connectivity index (χ2v) is 4.13. The molecule has 1 aliphatic carbocycles. The van der Waals surface area contributed by atoms with Gasteiger partial charge in [0.15, 0.2) is 0 Å². The van der Waals surface area contributed by atoms with Gasteiger partial charge in [-0.15, -0.1) is 0 Å². The molecule has 0 unspecified atom stereocenters. The minimum Gasteiger partial charge on any atom is -0.494 e. The summed E-state index contributed by atoms with van der Waals surface area (Å²) in [7, 11) is 0. The van der Waals surface area contributed by atoms with Crippen LogP contribution in [0.2, 0.25) is 0 Å². The van der Waals surface area contributed by atoms with Crippen molar-refractivity contribution in [3.8, 4) is 5.75 Å². The Balaban J connectivity index is 2.13. The Kier molecular flexibility index (Phi) is 3.13. The average molecular weight is 219 g/mol. The highest BCUT2D eigenvalue weighted by Gasteiger charge is 2.29. The SMILES string of the molecule is CCOc1cccc(NC(=O)C2CC2)c1C. The highest BCUT2D eigenvalue weighted by Crippen LogP contribution is 2.32. The maximum absolute atomic E-state index is 11.6. The molecule has 1 aliphatic rings. The molecule has 0 spiro atoms. The molecular formula is C13H17NO2. The minimum absolute atomic E-state index is 0.136. The molecule has 1 saturated carbocycles. The molecule has 16 heavy (non-hydrogen) atoms. The lowest BCUT2D eigenvalue weighted by Gasteiger charge is -2.12. The monoisotopic (exact) mass is 219 g/mol. The van der Waals surface area contributed by atoms with Crippen molar-refractivity contribution in [2.75, 3.05) is 11.9 Å². The topological polar surface area (TPSA) is 38.3 Å². The van der Waals surface area contributed by atoms with Crippen molar-refractivity contribution in [3.05, 3.63) is 23.8 Å². The molecule has 2 rings (SSSR count). The fourth-order valence-corrected chi connectivity index (χ4v) is 1.64. The lowest BCUT2D eigenvalue weighted by atomic mass is 10.1. The smallest absolute Gasteiger partial charge is 0.227 e. The van der Waals surface area contributed by atoms with Crippen LogP contribution in [-0.2, 0) is 4.79 Å². The van der Waals surface area contributed by atoms with Gasteiger partial charge in [0.2, 0.25) is 5.91 Å². The van der Waals surface area contributed by atoms with Gasteiger partial charge in [0.1, 0.15) is 5.75 Å². The van der Waals surface area contributed by atoms with Gasteiger partial charge >= 0.3 is 0 Å². The summed E-state index contributed by atoms with van der Waals surface area (Å²) < 4.78 is 5.48. The molecule has 0 aliphatic heterocycles. The largest absolute Gasteiger partial charge is 0.494 e. The van der Waals surface area contributed by atoms with E-state index in [1.807, 2.05) is 32.0 Å². The van der Waals surface area contributed by atoms with Crippen LogP contribution in [0.3, 0.4) is 0 Å². The van der Waals surface area contributed by atoms with E-state index in [1.54, 1.807) is 0 Å². The number of nitrogens with one attached hydrogen (secondary N) is 1. The molecule has 0 saturated heterocycles. The first-order chi connectivity index (χ1) is 7.72. The fourth-order valence-electron chi connectivity index (χ4n) is 1.64. The number of rotatable bonds is 4. The van der Waals surface area contributed by atoms with E-state index in [-0.39, 0.29) is 11.8 Å². The van der Waals surface area contributed by atoms with Crippen LogP contribution >= 0.6 is 0 Å². The van der Waals surface area contributed by atoms with Gasteiger partial charge in [0.25, 0.3) is 0 Å². The number of carbonyl (C=O) groups excluding carboxylic acids is 1. The zero-order valence-corrected chi connectivity index (χ0v) is 9.75. The summed E-state index contributed by atoms with van der Waals surface area (Å²) in [6.07, 6.45) is 2.05. The highest BCUT2D eigenvalue weighted by molar-refractivity contribution is 5.94. The third-order valence-electron chi connectivity index (χ3n) is 2.79. The molecular weight excluding hydrogens is 202 g/mol. The molecule has 1 fully saturated rings. The van der Waals surface area contributed by atoms with Crippen LogP contribution in [0.4, 0.5) is 5.69 Å². The zero-order valence-electron chi connectivity index (χ0n) is 9.75. The van der Waals surface area contributed by atoms with E-state index in [2.05, 4.69) is 5.32 Å². The number of hydrogen-bond donors (Lipinski definition) is 1. The Morgan fingerprint density at radius 2 is 2.25 bits per heavy atom. The first-order valence-corrected chi connectivity index (χ1v) is 5.75. The number of ether oxygens (including phenoxy) is 1. The van der Waals surface area contributed by atoms with E-state index in [4.69, 9.17) is 4.74 Å². The van der Waals surface area contributed by atoms with E-state index in [9.17, 15) is 4.79 Å². The molecule has 0 bridgehead atoms. The maximum Gasteiger partial charge on any atom is 0.227 e. The molecule has 0 atom stereocenters. The van der Waals surface area contributed by atoms with Gasteiger partial charge in [-0.05, 0) is 38.8 Å². The van der Waals surface area contributed by atoms with Crippen LogP contribution in [0.1, 0.15) is 25.3 Å². The molecule has 1 aromatic rings. The number of anilines is 1. The van der Waals surface area contributed by atoms with Crippen molar-refractivity contribution in [3.63, 3.8) is 0 Å². The molecule has 1 aromatic carbocycles. The highest BCUT2D eigenvalue weighted by atomic mass is 16.5. The molecule has 0 heterocycles. The molecule has 3 nitrogen and oxygen atoms in total. The van der Waals surface area contributed by atoms with Gasteiger partial charge in [-0.3, -0.25) is 4.79 Å². The zero-order chi connectivity index (χ0) is 11.5. The molecule has 0 aromatic heterocycles. The van der Waals surface area contributed by atoms with Crippen LogP contribution in [0, 0.1) is 12.8 Å². The van der Waals surface area contributed by atoms with Crippen LogP contribution in [0.25, 0.3) is 0 Å². The number of hydrogen-bond acceptors (Lipinski definition) is 2. The standard InChI is InChI=1S/C13H17NO2/c1-3-16-12-6-4-5-11(9(12)2)14-13(15)10-7-8-10/h4-6,10H,3,7-8H2,1-2H3,(H,14,15). The van der Waals surface area contributed by atoms with Gasteiger partial charge in [0, 0.05) is 17.2 Å². The van der Waals surface area contributed by atoms with Crippen molar-refractivity contribution >= 4 is 11.6 Å². The lowest BCUT2D eigenvalue weighted by molar-refractivity contribution is -0.117. The predicted octanol–water partition coefficient (Wildman–Crippen LogP) is 2.74. The maximum atomic E-state index is 11.6. The fraction of sp³-hybridized carbons (Fsp3) is 0.462. The molecule has 3 heteroatoms. The van der Waals surface area contributed by atoms with E-state index in [0.717, 1.165) is 29.8 Å². The summed E-state index contributed by atoms with van der Waals surface area (Å²) in [6.45, 7) is 4.56. The summed E-state index contributed by atoms with van der Waals surface area (Å²) in [5.74, 6) is 1.21. The van der Waals surface area contributed by atoms with Crippen molar-refractivity contribution in [1.82, 2.24) is 0 Å². The molecule has 86 valence electrons. The van der Waals surface area contributed by atoms with E-state index < -0.39 is 0 Å². The van der Waals surface area contributed by atoms with Gasteiger partial charge in [0.05, 0.1) is 6.61 Å². The summed E-state index contributed by atoms with van der Waals surface area (Å²) in [5.41, 5.74) is 1.86. The van der Waals surface area contributed by atoms with Gasteiger partial charge in [-0.1, -0.05) is 6.07 Å². The summed E-state index contributed by atoms with van der Waals surface area (Å²) in [4.78, 5) is 11.6. The van der Waals surface area contributed by atoms with Crippen molar-refractivity contribution in [2.45, 2.75) is 26.7 Å². The third kappa shape index (κ3) is 2.35. The predicted molar refractivity (Wildman–Crippen MR) is 63.7 cm³/mol. The molecule has 1 N–H and O–H groups in total. The van der Waals surface area contributed by atoms with Gasteiger partial charge in [-0.2, -0.15) is 0 Å². The average Bonchev–Trinajstić information content (AvgIpc) is 3.07. The van der Waals surface area contributed by atoms with Crippen LogP contribution in [0.5, 0.6) is 5.75 Å². The Labute approximate surface area is 95.8 Å². The third-order valence-corrected chi connectivity index (χ3v) is 2.79. The van der Waals surface area contributed by atoms with E-state index >= 15 is 0 Å². The minimum atomic E-state index is 0.136. The van der Waals surface area contributed by atoms with Crippen molar-refractivity contribution in [2.24, 2.45) is 5.92 Å². The Hall–Kier alpha value is -1.51. The van der Waals surface area contributed by atoms with E-state index in [0.29, 0.717) is 6.61 Å². The normalized spacial score (nSPS) is 14.6. The Morgan fingerprint density at radius 1 is 1.50 bits per heavy atom. The second kappa shape index (κ2) is 4.56. The van der Waals surface area contributed by atoms with E-state index in [1.165, 1.54) is 0 Å². The number of amides is 1. The van der Waals surface area contributed by atoms with Crippen LogP contribution in [-0.4, -0.2) is 12.5 Å². The van der Waals surface area contributed by atoms with Crippen molar-refractivity contribution in [1.29, 1.82) is 0 Å².